The first-order valence-corrected chi connectivity index (χ1v) is 8.73. The predicted molar refractivity (Wildman–Crippen MR) is 94.3 cm³/mol. The molecule has 4 heteroatoms. The molecule has 1 aliphatic rings. The minimum atomic E-state index is -0.949. The number of carbonyl (C=O) groups excluding carboxylic acids is 1. The van der Waals surface area contributed by atoms with Gasteiger partial charge < -0.3 is 10.0 Å². The van der Waals surface area contributed by atoms with Gasteiger partial charge in [0.15, 0.2) is 0 Å². The quantitative estimate of drug-likeness (QED) is 0.902. The molecule has 2 atom stereocenters. The van der Waals surface area contributed by atoms with Crippen LogP contribution in [0, 0.1) is 17.3 Å². The maximum Gasteiger partial charge on any atom is 0.225 e. The molecule has 0 bridgehead atoms. The second kappa shape index (κ2) is 6.45. The zero-order chi connectivity index (χ0) is 17.4. The Morgan fingerprint density at radius 3 is 2.26 bits per heavy atom. The third kappa shape index (κ3) is 3.41. The lowest BCUT2D eigenvalue weighted by molar-refractivity contribution is -0.157. The fraction of sp³-hybridized carbons (Fsp3) is 0.632. The van der Waals surface area contributed by atoms with Gasteiger partial charge in [-0.25, -0.2) is 0 Å². The number of aliphatic hydroxyl groups is 1. The molecule has 0 aromatic heterocycles. The number of rotatable bonds is 3. The highest BCUT2D eigenvalue weighted by Crippen LogP contribution is 2.46. The van der Waals surface area contributed by atoms with E-state index in [0.29, 0.717) is 30.5 Å². The van der Waals surface area contributed by atoms with Gasteiger partial charge in [0.05, 0.1) is 5.60 Å². The molecule has 0 spiro atoms. The number of benzene rings is 1. The summed E-state index contributed by atoms with van der Waals surface area (Å²) in [7, 11) is 0. The summed E-state index contributed by atoms with van der Waals surface area (Å²) in [5.74, 6) is 0.515. The lowest BCUT2D eigenvalue weighted by Gasteiger charge is -2.51. The standard InChI is InChI=1S/C19H28ClNO2/c1-13(2)14(3)17(22)21-11-10-19(23,18(4,5)12-21)15-6-8-16(20)9-7-15/h6-9,13-14,23H,10-12H2,1-5H3/t14-,19+/m1/s1. The first kappa shape index (κ1) is 18.3. The molecule has 0 radical (unpaired) electrons. The Kier molecular flexibility index (Phi) is 5.12. The number of carbonyl (C=O) groups is 1. The summed E-state index contributed by atoms with van der Waals surface area (Å²) in [4.78, 5) is 14.6. The Hall–Kier alpha value is -1.06. The van der Waals surface area contributed by atoms with Crippen LogP contribution >= 0.6 is 11.6 Å². The lowest BCUT2D eigenvalue weighted by atomic mass is 9.66. The predicted octanol–water partition coefficient (Wildman–Crippen LogP) is 4.08. The van der Waals surface area contributed by atoms with Gasteiger partial charge in [0.2, 0.25) is 5.91 Å². The van der Waals surface area contributed by atoms with Crippen LogP contribution in [-0.4, -0.2) is 29.0 Å². The molecule has 23 heavy (non-hydrogen) atoms. The molecule has 1 saturated heterocycles. The van der Waals surface area contributed by atoms with Crippen LogP contribution in [0.4, 0.5) is 0 Å². The molecule has 1 aliphatic heterocycles. The van der Waals surface area contributed by atoms with E-state index in [1.54, 1.807) is 0 Å². The van der Waals surface area contributed by atoms with E-state index in [-0.39, 0.29) is 11.8 Å². The summed E-state index contributed by atoms with van der Waals surface area (Å²) in [5.41, 5.74) is -0.503. The number of nitrogens with zero attached hydrogens (tertiary/aromatic N) is 1. The van der Waals surface area contributed by atoms with Crippen LogP contribution in [-0.2, 0) is 10.4 Å². The number of halogens is 1. The van der Waals surface area contributed by atoms with E-state index >= 15 is 0 Å². The second-order valence-corrected chi connectivity index (χ2v) is 8.23. The van der Waals surface area contributed by atoms with Gasteiger partial charge in [-0.1, -0.05) is 58.4 Å². The molecule has 2 rings (SSSR count). The summed E-state index contributed by atoms with van der Waals surface area (Å²) in [6.07, 6.45) is 0.540. The SMILES string of the molecule is CC(C)[C@@H](C)C(=O)N1CC[C@](O)(c2ccc(Cl)cc2)C(C)(C)C1. The average molecular weight is 338 g/mol. The highest BCUT2D eigenvalue weighted by Gasteiger charge is 2.49. The van der Waals surface area contributed by atoms with Crippen molar-refractivity contribution in [2.75, 3.05) is 13.1 Å². The van der Waals surface area contributed by atoms with E-state index in [2.05, 4.69) is 13.8 Å². The minimum absolute atomic E-state index is 0.00697. The Morgan fingerprint density at radius 2 is 1.78 bits per heavy atom. The number of piperidine rings is 1. The van der Waals surface area contributed by atoms with E-state index in [0.717, 1.165) is 5.56 Å². The van der Waals surface area contributed by atoms with Crippen LogP contribution in [0.5, 0.6) is 0 Å². The Balaban J connectivity index is 2.23. The topological polar surface area (TPSA) is 40.5 Å². The van der Waals surface area contributed by atoms with Crippen molar-refractivity contribution in [2.24, 2.45) is 17.3 Å². The Labute approximate surface area is 144 Å². The van der Waals surface area contributed by atoms with E-state index in [4.69, 9.17) is 11.6 Å². The molecule has 1 N–H and O–H groups in total. The number of likely N-dealkylation sites (tertiary alicyclic amines) is 1. The zero-order valence-electron chi connectivity index (χ0n) is 14.8. The summed E-state index contributed by atoms with van der Waals surface area (Å²) < 4.78 is 0. The Morgan fingerprint density at radius 1 is 1.22 bits per heavy atom. The minimum Gasteiger partial charge on any atom is -0.384 e. The van der Waals surface area contributed by atoms with Gasteiger partial charge in [-0.05, 0) is 30.0 Å². The van der Waals surface area contributed by atoms with E-state index < -0.39 is 11.0 Å². The molecule has 1 heterocycles. The molecule has 1 fully saturated rings. The van der Waals surface area contributed by atoms with Gasteiger partial charge in [-0.3, -0.25) is 4.79 Å². The third-order valence-corrected chi connectivity index (χ3v) is 5.72. The summed E-state index contributed by atoms with van der Waals surface area (Å²) in [6.45, 7) is 11.3. The van der Waals surface area contributed by atoms with Crippen LogP contribution in [0.3, 0.4) is 0 Å². The maximum absolute atomic E-state index is 12.6. The summed E-state index contributed by atoms with van der Waals surface area (Å²) in [5, 5.41) is 12.0. The van der Waals surface area contributed by atoms with Crippen LogP contribution in [0.15, 0.2) is 24.3 Å². The number of amides is 1. The molecule has 1 aromatic rings. The monoisotopic (exact) mass is 337 g/mol. The molecule has 0 unspecified atom stereocenters. The fourth-order valence-electron chi connectivity index (χ4n) is 3.34. The largest absolute Gasteiger partial charge is 0.384 e. The third-order valence-electron chi connectivity index (χ3n) is 5.47. The summed E-state index contributed by atoms with van der Waals surface area (Å²) in [6, 6.07) is 7.39. The van der Waals surface area contributed by atoms with Crippen molar-refractivity contribution in [3.63, 3.8) is 0 Å². The fourth-order valence-corrected chi connectivity index (χ4v) is 3.47. The molecule has 1 aromatic carbocycles. The average Bonchev–Trinajstić information content (AvgIpc) is 2.49. The van der Waals surface area contributed by atoms with Crippen molar-refractivity contribution in [2.45, 2.75) is 46.6 Å². The van der Waals surface area contributed by atoms with Crippen molar-refractivity contribution >= 4 is 17.5 Å². The van der Waals surface area contributed by atoms with Gasteiger partial charge in [-0.15, -0.1) is 0 Å². The van der Waals surface area contributed by atoms with Gasteiger partial charge >= 0.3 is 0 Å². The molecular formula is C19H28ClNO2. The van der Waals surface area contributed by atoms with Gasteiger partial charge in [-0.2, -0.15) is 0 Å². The van der Waals surface area contributed by atoms with Gasteiger partial charge in [0.25, 0.3) is 0 Å². The van der Waals surface area contributed by atoms with Crippen LogP contribution in [0.1, 0.15) is 46.6 Å². The molecule has 0 aliphatic carbocycles. The first-order chi connectivity index (χ1) is 10.6. The van der Waals surface area contributed by atoms with Crippen molar-refractivity contribution in [1.29, 1.82) is 0 Å². The van der Waals surface area contributed by atoms with Crippen LogP contribution in [0.2, 0.25) is 5.02 Å². The molecule has 3 nitrogen and oxygen atoms in total. The molecule has 0 saturated carbocycles. The van der Waals surface area contributed by atoms with Crippen LogP contribution in [0.25, 0.3) is 0 Å². The van der Waals surface area contributed by atoms with Crippen molar-refractivity contribution in [3.8, 4) is 0 Å². The van der Waals surface area contributed by atoms with E-state index in [1.165, 1.54) is 0 Å². The zero-order valence-corrected chi connectivity index (χ0v) is 15.5. The normalized spacial score (nSPS) is 25.5. The lowest BCUT2D eigenvalue weighted by Crippen LogP contribution is -2.57. The van der Waals surface area contributed by atoms with Gasteiger partial charge in [0.1, 0.15) is 0 Å². The smallest absolute Gasteiger partial charge is 0.225 e. The van der Waals surface area contributed by atoms with E-state index in [1.807, 2.05) is 49.9 Å². The van der Waals surface area contributed by atoms with Crippen LogP contribution < -0.4 is 0 Å². The number of hydrogen-bond acceptors (Lipinski definition) is 2. The van der Waals surface area contributed by atoms with Crippen molar-refractivity contribution in [3.05, 3.63) is 34.9 Å². The second-order valence-electron chi connectivity index (χ2n) is 7.79. The maximum atomic E-state index is 12.6. The van der Waals surface area contributed by atoms with Crippen molar-refractivity contribution in [1.82, 2.24) is 4.90 Å². The molecule has 1 amide bonds. The summed E-state index contributed by atoms with van der Waals surface area (Å²) >= 11 is 5.96. The molecular weight excluding hydrogens is 310 g/mol. The molecule has 128 valence electrons. The Bertz CT molecular complexity index is 567. The number of hydrogen-bond donors (Lipinski definition) is 1. The van der Waals surface area contributed by atoms with Crippen molar-refractivity contribution < 1.29 is 9.90 Å². The highest BCUT2D eigenvalue weighted by molar-refractivity contribution is 6.30. The highest BCUT2D eigenvalue weighted by atomic mass is 35.5. The van der Waals surface area contributed by atoms with Gasteiger partial charge in [0, 0.05) is 29.4 Å². The van der Waals surface area contributed by atoms with E-state index in [9.17, 15) is 9.90 Å². The first-order valence-electron chi connectivity index (χ1n) is 8.36.